The molecule has 128 valence electrons. The molecule has 4 rings (SSSR count). The van der Waals surface area contributed by atoms with Crippen molar-refractivity contribution in [1.29, 1.82) is 0 Å². The zero-order valence-electron chi connectivity index (χ0n) is 14.2. The van der Waals surface area contributed by atoms with E-state index in [0.717, 1.165) is 0 Å². The Morgan fingerprint density at radius 1 is 0.731 bits per heavy atom. The Bertz CT molecular complexity index is 976. The molecule has 0 N–H and O–H groups in total. The number of rotatable bonds is 4. The fourth-order valence-corrected chi connectivity index (χ4v) is 17.0. The average molecular weight is 484 g/mol. The van der Waals surface area contributed by atoms with Gasteiger partial charge in [-0.15, -0.1) is 0 Å². The summed E-state index contributed by atoms with van der Waals surface area (Å²) in [5.41, 5.74) is 3.16. The van der Waals surface area contributed by atoms with Crippen molar-refractivity contribution in [2.24, 2.45) is 0 Å². The SMILES string of the molecule is [Se]=[P@@]1(c2ccccc2)[Se]C(/C=C/c2ccccc2)=C[C@@H]1c1ccccc1. The Morgan fingerprint density at radius 2 is 1.31 bits per heavy atom. The van der Waals surface area contributed by atoms with Gasteiger partial charge < -0.3 is 0 Å². The average Bonchev–Trinajstić information content (AvgIpc) is 3.06. The summed E-state index contributed by atoms with van der Waals surface area (Å²) in [4.78, 5) is 0. The van der Waals surface area contributed by atoms with Gasteiger partial charge in [0, 0.05) is 0 Å². The minimum atomic E-state index is -1.39. The van der Waals surface area contributed by atoms with Crippen molar-refractivity contribution < 1.29 is 0 Å². The molecule has 3 heteroatoms. The summed E-state index contributed by atoms with van der Waals surface area (Å²) in [5.74, 6) is 0. The van der Waals surface area contributed by atoms with Crippen molar-refractivity contribution in [2.45, 2.75) is 5.66 Å². The van der Waals surface area contributed by atoms with Crippen LogP contribution in [-0.2, 0) is 0 Å². The van der Waals surface area contributed by atoms with Gasteiger partial charge in [0.2, 0.25) is 0 Å². The first-order valence-corrected chi connectivity index (χ1v) is 15.8. The van der Waals surface area contributed by atoms with Gasteiger partial charge in [0.05, 0.1) is 0 Å². The molecule has 0 fully saturated rings. The van der Waals surface area contributed by atoms with E-state index in [-0.39, 0.29) is 0 Å². The second-order valence-corrected chi connectivity index (χ2v) is 21.5. The Morgan fingerprint density at radius 3 is 1.96 bits per heavy atom. The molecule has 0 radical (unpaired) electrons. The second kappa shape index (κ2) is 8.10. The first-order chi connectivity index (χ1) is 12.8. The van der Waals surface area contributed by atoms with Crippen LogP contribution >= 0.6 is 4.20 Å². The monoisotopic (exact) mass is 486 g/mol. The van der Waals surface area contributed by atoms with Gasteiger partial charge in [0.15, 0.2) is 0 Å². The predicted octanol–water partition coefficient (Wildman–Crippen LogP) is 5.38. The number of hydrogen-bond donors (Lipinski definition) is 0. The Balaban J connectivity index is 1.72. The fourth-order valence-electron chi connectivity index (χ4n) is 3.12. The molecule has 1 aliphatic rings. The summed E-state index contributed by atoms with van der Waals surface area (Å²) < 4.78 is 0.104. The minimum absolute atomic E-state index is 0.431. The molecule has 0 aliphatic carbocycles. The summed E-state index contributed by atoms with van der Waals surface area (Å²) in [5, 5.41) is 1.49. The Kier molecular flexibility index (Phi) is 5.60. The normalized spacial score (nSPS) is 22.5. The van der Waals surface area contributed by atoms with E-state index in [9.17, 15) is 0 Å². The van der Waals surface area contributed by atoms with Crippen LogP contribution in [0.25, 0.3) is 6.08 Å². The van der Waals surface area contributed by atoms with Gasteiger partial charge in [-0.1, -0.05) is 0 Å². The standard InChI is InChI=1S/C23H19PSe2/c25-24(21-14-8-3-9-15-21)23(20-12-6-2-7-13-20)18-22(26-24)17-16-19-10-4-1-5-11-19/h1-18,23H/b17-16+/t23-,24+/m1/s1. The Labute approximate surface area is 169 Å². The van der Waals surface area contributed by atoms with Crippen LogP contribution in [0.1, 0.15) is 16.8 Å². The van der Waals surface area contributed by atoms with Crippen molar-refractivity contribution >= 4 is 45.2 Å². The van der Waals surface area contributed by atoms with E-state index in [1.165, 1.54) is 20.9 Å². The molecular formula is C23H19PSe2. The second-order valence-electron chi connectivity index (χ2n) is 6.19. The van der Waals surface area contributed by atoms with E-state index < -0.39 is 4.20 Å². The van der Waals surface area contributed by atoms with E-state index in [4.69, 9.17) is 0 Å². The predicted molar refractivity (Wildman–Crippen MR) is 117 cm³/mol. The molecule has 0 saturated carbocycles. The van der Waals surface area contributed by atoms with Crippen LogP contribution in [0.4, 0.5) is 0 Å². The molecular weight excluding hydrogens is 465 g/mol. The van der Waals surface area contributed by atoms with E-state index >= 15 is 0 Å². The number of benzene rings is 3. The van der Waals surface area contributed by atoms with Crippen molar-refractivity contribution in [3.63, 3.8) is 0 Å². The van der Waals surface area contributed by atoms with Gasteiger partial charge >= 0.3 is 170 Å². The fraction of sp³-hybridized carbons (Fsp3) is 0.0435. The first-order valence-electron chi connectivity index (χ1n) is 8.60. The quantitative estimate of drug-likeness (QED) is 0.345. The van der Waals surface area contributed by atoms with Gasteiger partial charge in [-0.25, -0.2) is 0 Å². The summed E-state index contributed by atoms with van der Waals surface area (Å²) in [6.07, 6.45) is 7.08. The molecule has 2 atom stereocenters. The van der Waals surface area contributed by atoms with E-state index in [0.29, 0.717) is 20.2 Å². The van der Waals surface area contributed by atoms with Gasteiger partial charge in [-0.2, -0.15) is 0 Å². The molecule has 0 spiro atoms. The van der Waals surface area contributed by atoms with Crippen LogP contribution in [0, 0.1) is 0 Å². The third-order valence-electron chi connectivity index (χ3n) is 4.43. The molecule has 0 saturated heterocycles. The maximum absolute atomic E-state index is 3.70. The van der Waals surface area contributed by atoms with Crippen LogP contribution in [0.15, 0.2) is 108 Å². The van der Waals surface area contributed by atoms with E-state index in [1.807, 2.05) is 0 Å². The zero-order chi connectivity index (χ0) is 17.8. The van der Waals surface area contributed by atoms with Crippen LogP contribution in [0.5, 0.6) is 0 Å². The molecule has 1 aliphatic heterocycles. The van der Waals surface area contributed by atoms with Crippen LogP contribution < -0.4 is 5.30 Å². The van der Waals surface area contributed by atoms with Gasteiger partial charge in [-0.05, 0) is 0 Å². The third kappa shape index (κ3) is 3.81. The number of allylic oxidation sites excluding steroid dienone is 3. The van der Waals surface area contributed by atoms with Gasteiger partial charge in [0.25, 0.3) is 0 Å². The zero-order valence-corrected chi connectivity index (χ0v) is 18.6. The van der Waals surface area contributed by atoms with Crippen LogP contribution in [0.2, 0.25) is 0 Å². The first kappa shape index (κ1) is 18.0. The molecule has 26 heavy (non-hydrogen) atoms. The molecule has 0 unspecified atom stereocenters. The molecule has 0 nitrogen and oxygen atoms in total. The van der Waals surface area contributed by atoms with Crippen LogP contribution in [0.3, 0.4) is 0 Å². The van der Waals surface area contributed by atoms with Crippen LogP contribution in [-0.4, -0.2) is 29.6 Å². The Hall–Kier alpha value is -1.39. The summed E-state index contributed by atoms with van der Waals surface area (Å²) >= 11 is 4.13. The maximum atomic E-state index is 3.70. The molecule has 0 aromatic heterocycles. The molecule has 3 aromatic rings. The number of hydrogen-bond acceptors (Lipinski definition) is 0. The third-order valence-corrected chi connectivity index (χ3v) is 18.7. The summed E-state index contributed by atoms with van der Waals surface area (Å²) in [6, 6.07) is 32.6. The summed E-state index contributed by atoms with van der Waals surface area (Å²) in [6.45, 7) is 0. The molecule has 0 amide bonds. The topological polar surface area (TPSA) is 0 Å². The molecule has 3 aromatic carbocycles. The van der Waals surface area contributed by atoms with Gasteiger partial charge in [-0.3, -0.25) is 0 Å². The van der Waals surface area contributed by atoms with Crippen molar-refractivity contribution in [3.05, 3.63) is 119 Å². The molecule has 1 heterocycles. The van der Waals surface area contributed by atoms with E-state index in [2.05, 4.69) is 124 Å². The van der Waals surface area contributed by atoms with Crippen molar-refractivity contribution in [1.82, 2.24) is 0 Å². The summed E-state index contributed by atoms with van der Waals surface area (Å²) in [7, 11) is 0. The molecule has 0 bridgehead atoms. The van der Waals surface area contributed by atoms with Crippen molar-refractivity contribution in [2.75, 3.05) is 0 Å². The van der Waals surface area contributed by atoms with E-state index in [1.54, 1.807) is 0 Å². The van der Waals surface area contributed by atoms with Gasteiger partial charge in [0.1, 0.15) is 0 Å². The van der Waals surface area contributed by atoms with Crippen molar-refractivity contribution in [3.8, 4) is 0 Å².